The number of likely N-dealkylation sites (tertiary alicyclic amines) is 1. The van der Waals surface area contributed by atoms with E-state index < -0.39 is 23.5 Å². The van der Waals surface area contributed by atoms with Gasteiger partial charge >= 0.3 is 12.4 Å². The highest BCUT2D eigenvalue weighted by molar-refractivity contribution is 5.62. The van der Waals surface area contributed by atoms with Gasteiger partial charge in [-0.3, -0.25) is 4.90 Å². The first-order chi connectivity index (χ1) is 19.2. The van der Waals surface area contributed by atoms with Crippen LogP contribution >= 0.6 is 0 Å². The predicted molar refractivity (Wildman–Crippen MR) is 148 cm³/mol. The summed E-state index contributed by atoms with van der Waals surface area (Å²) in [4.78, 5) is 6.74. The summed E-state index contributed by atoms with van der Waals surface area (Å²) in [6.45, 7) is 8.15. The molecule has 41 heavy (non-hydrogen) atoms. The fraction of sp³-hybridized carbons (Fsp3) is 0.613. The van der Waals surface area contributed by atoms with Crippen LogP contribution < -0.4 is 10.6 Å². The predicted octanol–water partition coefficient (Wildman–Crippen LogP) is 6.99. The molecule has 2 aromatic carbocycles. The van der Waals surface area contributed by atoms with Crippen LogP contribution in [0, 0.1) is 31.6 Å². The Labute approximate surface area is 238 Å². The summed E-state index contributed by atoms with van der Waals surface area (Å²) in [7, 11) is 2.19. The van der Waals surface area contributed by atoms with Crippen LogP contribution in [0.1, 0.15) is 65.1 Å². The van der Waals surface area contributed by atoms with Crippen molar-refractivity contribution in [2.24, 2.45) is 23.5 Å². The maximum absolute atomic E-state index is 13.5. The van der Waals surface area contributed by atoms with Crippen molar-refractivity contribution in [3.63, 3.8) is 0 Å². The molecule has 2 aromatic rings. The molecule has 226 valence electrons. The molecule has 0 spiro atoms. The molecule has 0 radical (unpaired) electrons. The Hall–Kier alpha value is -2.30. The largest absolute Gasteiger partial charge is 0.416 e. The third kappa shape index (κ3) is 6.54. The molecule has 2 heterocycles. The third-order valence-electron chi connectivity index (χ3n) is 9.27. The van der Waals surface area contributed by atoms with Gasteiger partial charge in [0, 0.05) is 51.1 Å². The molecular formula is C31H40F6N4. The summed E-state index contributed by atoms with van der Waals surface area (Å²) in [5, 5.41) is 0. The summed E-state index contributed by atoms with van der Waals surface area (Å²) >= 11 is 0. The fourth-order valence-electron chi connectivity index (χ4n) is 7.75. The zero-order chi connectivity index (χ0) is 29.7. The van der Waals surface area contributed by atoms with Gasteiger partial charge in [-0.05, 0) is 99.2 Å². The molecule has 3 aliphatic rings. The molecule has 2 fully saturated rings. The number of halogens is 6. The van der Waals surface area contributed by atoms with Crippen LogP contribution in [-0.4, -0.2) is 49.7 Å². The zero-order valence-corrected chi connectivity index (χ0v) is 24.0. The Morgan fingerprint density at radius 3 is 2.07 bits per heavy atom. The minimum absolute atomic E-state index is 0.00813. The lowest BCUT2D eigenvalue weighted by Gasteiger charge is -2.34. The van der Waals surface area contributed by atoms with Crippen LogP contribution in [0.3, 0.4) is 0 Å². The Balaban J connectivity index is 1.44. The number of hydrogen-bond acceptors (Lipinski definition) is 4. The van der Waals surface area contributed by atoms with E-state index in [4.69, 9.17) is 5.73 Å². The molecule has 10 heteroatoms. The molecule has 1 saturated heterocycles. The molecule has 0 bridgehead atoms. The van der Waals surface area contributed by atoms with Gasteiger partial charge in [0.2, 0.25) is 0 Å². The van der Waals surface area contributed by atoms with Crippen molar-refractivity contribution in [1.29, 1.82) is 0 Å². The summed E-state index contributed by atoms with van der Waals surface area (Å²) in [6, 6.07) is 5.87. The number of benzene rings is 2. The molecule has 4 nitrogen and oxygen atoms in total. The van der Waals surface area contributed by atoms with E-state index in [0.717, 1.165) is 85.4 Å². The van der Waals surface area contributed by atoms with Crippen LogP contribution in [0.4, 0.5) is 32.0 Å². The SMILES string of the molecule is Cc1cc(C)c2c(c1)C(N(CN)Cc1cc(C(F)(F)F)cc(C(F)(F)F)c1)CCCN2CC1CC2CN(C)CC2C1. The minimum atomic E-state index is -4.89. The second-order valence-corrected chi connectivity index (χ2v) is 12.5. The van der Waals surface area contributed by atoms with Gasteiger partial charge in [0.05, 0.1) is 11.1 Å². The first-order valence-corrected chi connectivity index (χ1v) is 14.5. The van der Waals surface area contributed by atoms with Crippen molar-refractivity contribution in [3.05, 3.63) is 63.7 Å². The number of alkyl halides is 6. The summed E-state index contributed by atoms with van der Waals surface area (Å²) in [6.07, 6.45) is -5.76. The topological polar surface area (TPSA) is 35.7 Å². The maximum Gasteiger partial charge on any atom is 0.416 e. The van der Waals surface area contributed by atoms with E-state index in [2.05, 4.69) is 35.9 Å². The van der Waals surface area contributed by atoms with E-state index in [1.54, 1.807) is 0 Å². The standard InChI is InChI=1S/C31H40F6N4/c1-19-7-20(2)29-27(8-19)28(5-4-6-40(29)14-21-9-23-16-39(3)17-24(23)10-21)41(18-38)15-22-11-25(30(32,33)34)13-26(12-22)31(35,36)37/h7-8,11-13,21,23-24,28H,4-6,9-10,14-18,38H2,1-3H3. The summed E-state index contributed by atoms with van der Waals surface area (Å²) < 4.78 is 81.2. The van der Waals surface area contributed by atoms with Gasteiger partial charge in [0.25, 0.3) is 0 Å². The zero-order valence-electron chi connectivity index (χ0n) is 24.0. The van der Waals surface area contributed by atoms with Gasteiger partial charge in [-0.2, -0.15) is 26.3 Å². The molecule has 1 aliphatic carbocycles. The first-order valence-electron chi connectivity index (χ1n) is 14.5. The molecule has 1 saturated carbocycles. The van der Waals surface area contributed by atoms with Crippen molar-refractivity contribution >= 4 is 5.69 Å². The smallest absolute Gasteiger partial charge is 0.371 e. The van der Waals surface area contributed by atoms with Gasteiger partial charge in [-0.25, -0.2) is 0 Å². The molecule has 0 amide bonds. The number of anilines is 1. The lowest BCUT2D eigenvalue weighted by molar-refractivity contribution is -0.143. The van der Waals surface area contributed by atoms with Crippen LogP contribution in [0.5, 0.6) is 0 Å². The van der Waals surface area contributed by atoms with Crippen LogP contribution in [0.15, 0.2) is 30.3 Å². The molecule has 0 aromatic heterocycles. The maximum atomic E-state index is 13.5. The Kier molecular flexibility index (Phi) is 8.40. The van der Waals surface area contributed by atoms with Crippen LogP contribution in [0.25, 0.3) is 0 Å². The monoisotopic (exact) mass is 582 g/mol. The molecule has 3 unspecified atom stereocenters. The van der Waals surface area contributed by atoms with Crippen LogP contribution in [0.2, 0.25) is 0 Å². The molecule has 5 rings (SSSR count). The number of aryl methyl sites for hydroxylation is 2. The van der Waals surface area contributed by atoms with Crippen molar-refractivity contribution in [3.8, 4) is 0 Å². The average molecular weight is 583 g/mol. The van der Waals surface area contributed by atoms with E-state index >= 15 is 0 Å². The third-order valence-corrected chi connectivity index (χ3v) is 9.27. The Bertz CT molecular complexity index is 1200. The van der Waals surface area contributed by atoms with Crippen molar-refractivity contribution in [1.82, 2.24) is 9.80 Å². The normalized spacial score (nSPS) is 25.5. The molecule has 3 atom stereocenters. The van der Waals surface area contributed by atoms with Gasteiger partial charge in [-0.1, -0.05) is 17.7 Å². The Morgan fingerprint density at radius 1 is 0.902 bits per heavy atom. The number of rotatable bonds is 6. The van der Waals surface area contributed by atoms with E-state index in [0.29, 0.717) is 5.92 Å². The van der Waals surface area contributed by atoms with Crippen molar-refractivity contribution < 1.29 is 26.3 Å². The summed E-state index contributed by atoms with van der Waals surface area (Å²) in [5.41, 5.74) is 7.94. The fourth-order valence-corrected chi connectivity index (χ4v) is 7.75. The summed E-state index contributed by atoms with van der Waals surface area (Å²) in [5.74, 6) is 2.12. The van der Waals surface area contributed by atoms with Gasteiger partial charge < -0.3 is 15.5 Å². The Morgan fingerprint density at radius 2 is 1.51 bits per heavy atom. The number of nitrogens with two attached hydrogens (primary N) is 1. The lowest BCUT2D eigenvalue weighted by atomic mass is 9.94. The van der Waals surface area contributed by atoms with Gasteiger partial charge in [-0.15, -0.1) is 0 Å². The van der Waals surface area contributed by atoms with E-state index in [9.17, 15) is 26.3 Å². The number of nitrogens with zero attached hydrogens (tertiary/aromatic N) is 3. The number of hydrogen-bond donors (Lipinski definition) is 1. The second kappa shape index (κ2) is 11.4. The number of fused-ring (bicyclic) bond motifs is 2. The highest BCUT2D eigenvalue weighted by Gasteiger charge is 2.41. The van der Waals surface area contributed by atoms with E-state index in [1.165, 1.54) is 12.8 Å². The molecule has 2 aliphatic heterocycles. The first kappa shape index (κ1) is 30.2. The second-order valence-electron chi connectivity index (χ2n) is 12.5. The minimum Gasteiger partial charge on any atom is -0.371 e. The molecule has 2 N–H and O–H groups in total. The highest BCUT2D eigenvalue weighted by atomic mass is 19.4. The highest BCUT2D eigenvalue weighted by Crippen LogP contribution is 2.45. The van der Waals surface area contributed by atoms with Crippen molar-refractivity contribution in [2.75, 3.05) is 44.8 Å². The van der Waals surface area contributed by atoms with Crippen LogP contribution in [-0.2, 0) is 18.9 Å². The molecular weight excluding hydrogens is 542 g/mol. The van der Waals surface area contributed by atoms with Gasteiger partial charge in [0.1, 0.15) is 0 Å². The quantitative estimate of drug-likeness (QED) is 0.294. The van der Waals surface area contributed by atoms with E-state index in [-0.39, 0.29) is 30.9 Å². The van der Waals surface area contributed by atoms with E-state index in [1.807, 2.05) is 11.8 Å². The van der Waals surface area contributed by atoms with Gasteiger partial charge in [0.15, 0.2) is 0 Å². The van der Waals surface area contributed by atoms with Crippen molar-refractivity contribution in [2.45, 2.75) is 64.5 Å². The average Bonchev–Trinajstić information content (AvgIpc) is 3.33. The lowest BCUT2D eigenvalue weighted by Crippen LogP contribution is -2.34.